The van der Waals surface area contributed by atoms with Gasteiger partial charge in [0.05, 0.1) is 0 Å². The van der Waals surface area contributed by atoms with E-state index in [1.54, 1.807) is 0 Å². The van der Waals surface area contributed by atoms with Crippen molar-refractivity contribution >= 4 is 22.5 Å². The predicted molar refractivity (Wildman–Crippen MR) is 46.3 cm³/mol. The molecule has 64 valence electrons. The molecule has 1 rings (SSSR count). The van der Waals surface area contributed by atoms with E-state index in [-0.39, 0.29) is 0 Å². The lowest BCUT2D eigenvalue weighted by Crippen LogP contribution is -1.81. The lowest BCUT2D eigenvalue weighted by molar-refractivity contribution is 0.565. The van der Waals surface area contributed by atoms with Crippen LogP contribution in [-0.4, -0.2) is 16.3 Å². The van der Waals surface area contributed by atoms with E-state index in [0.29, 0.717) is 5.13 Å². The van der Waals surface area contributed by atoms with Gasteiger partial charge in [-0.25, -0.2) is 4.79 Å². The smallest absolute Gasteiger partial charge is 0.211 e. The van der Waals surface area contributed by atoms with Crippen molar-refractivity contribution in [3.05, 3.63) is 5.01 Å². The van der Waals surface area contributed by atoms with Crippen LogP contribution in [0.4, 0.5) is 5.13 Å². The van der Waals surface area contributed by atoms with Gasteiger partial charge in [-0.2, -0.15) is 0 Å². The number of carbonyl (C=O) groups excluding carboxylic acids is 1. The highest BCUT2D eigenvalue weighted by Gasteiger charge is 2.01. The van der Waals surface area contributed by atoms with E-state index >= 15 is 0 Å². The van der Waals surface area contributed by atoms with Crippen LogP contribution < -0.4 is 0 Å². The van der Waals surface area contributed by atoms with Crippen LogP contribution in [0.2, 0.25) is 0 Å². The fraction of sp³-hybridized carbons (Fsp3) is 0.571. The molecule has 5 heteroatoms. The van der Waals surface area contributed by atoms with Gasteiger partial charge in [-0.1, -0.05) is 24.7 Å². The molecule has 0 atom stereocenters. The number of isocyanates is 1. The molecule has 0 N–H and O–H groups in total. The Morgan fingerprint density at radius 3 is 3.08 bits per heavy atom. The summed E-state index contributed by atoms with van der Waals surface area (Å²) in [5.41, 5.74) is 0. The van der Waals surface area contributed by atoms with Gasteiger partial charge in [-0.3, -0.25) is 0 Å². The largest absolute Gasteiger partial charge is 0.242 e. The van der Waals surface area contributed by atoms with Crippen molar-refractivity contribution < 1.29 is 4.79 Å². The van der Waals surface area contributed by atoms with E-state index in [4.69, 9.17) is 0 Å². The number of nitrogens with zero attached hydrogens (tertiary/aromatic N) is 3. The fourth-order valence-electron chi connectivity index (χ4n) is 0.758. The molecule has 0 fully saturated rings. The average molecular weight is 183 g/mol. The van der Waals surface area contributed by atoms with Crippen molar-refractivity contribution in [2.45, 2.75) is 26.2 Å². The van der Waals surface area contributed by atoms with E-state index < -0.39 is 0 Å². The zero-order valence-corrected chi connectivity index (χ0v) is 7.60. The molecule has 0 saturated heterocycles. The lowest BCUT2D eigenvalue weighted by atomic mass is 10.3. The normalized spacial score (nSPS) is 9.42. The molecule has 1 aromatic rings. The third-order valence-electron chi connectivity index (χ3n) is 1.34. The lowest BCUT2D eigenvalue weighted by Gasteiger charge is -1.87. The summed E-state index contributed by atoms with van der Waals surface area (Å²) in [6.45, 7) is 2.12. The first kappa shape index (κ1) is 9.03. The Labute approximate surface area is 74.4 Å². The molecular formula is C7H9N3OS. The quantitative estimate of drug-likeness (QED) is 0.528. The van der Waals surface area contributed by atoms with Gasteiger partial charge < -0.3 is 0 Å². The van der Waals surface area contributed by atoms with Gasteiger partial charge in [-0.15, -0.1) is 15.2 Å². The second-order valence-electron chi connectivity index (χ2n) is 2.29. The first-order chi connectivity index (χ1) is 5.86. The molecule has 1 aromatic heterocycles. The van der Waals surface area contributed by atoms with Gasteiger partial charge in [0.15, 0.2) is 0 Å². The number of aromatic nitrogens is 2. The van der Waals surface area contributed by atoms with Gasteiger partial charge in [0.2, 0.25) is 11.2 Å². The maximum atomic E-state index is 9.84. The molecule has 0 aliphatic rings. The van der Waals surface area contributed by atoms with Crippen LogP contribution in [0.3, 0.4) is 0 Å². The van der Waals surface area contributed by atoms with Gasteiger partial charge in [0, 0.05) is 6.42 Å². The Kier molecular flexibility index (Phi) is 3.57. The summed E-state index contributed by atoms with van der Waals surface area (Å²) in [6, 6.07) is 0. The molecule has 1 heterocycles. The van der Waals surface area contributed by atoms with Crippen molar-refractivity contribution in [2.75, 3.05) is 0 Å². The van der Waals surface area contributed by atoms with Crippen molar-refractivity contribution in [3.8, 4) is 0 Å². The van der Waals surface area contributed by atoms with Crippen LogP contribution in [0.1, 0.15) is 24.8 Å². The Morgan fingerprint density at radius 2 is 2.42 bits per heavy atom. The molecule has 0 unspecified atom stereocenters. The minimum atomic E-state index is 0.399. The van der Waals surface area contributed by atoms with E-state index in [0.717, 1.165) is 24.3 Å². The first-order valence-corrected chi connectivity index (χ1v) is 4.58. The Morgan fingerprint density at radius 1 is 1.58 bits per heavy atom. The number of hydrogen-bond donors (Lipinski definition) is 0. The van der Waals surface area contributed by atoms with Crippen LogP contribution in [0, 0.1) is 0 Å². The zero-order chi connectivity index (χ0) is 8.81. The second kappa shape index (κ2) is 4.74. The molecule has 0 amide bonds. The highest BCUT2D eigenvalue weighted by atomic mass is 32.1. The SMILES string of the molecule is CCCCc1nnc(N=C=O)s1. The average Bonchev–Trinajstić information content (AvgIpc) is 2.50. The summed E-state index contributed by atoms with van der Waals surface area (Å²) in [7, 11) is 0. The van der Waals surface area contributed by atoms with Gasteiger partial charge in [0.1, 0.15) is 5.01 Å². The fourth-order valence-corrected chi connectivity index (χ4v) is 1.46. The molecule has 12 heavy (non-hydrogen) atoms. The molecule has 0 aliphatic heterocycles. The van der Waals surface area contributed by atoms with Gasteiger partial charge in [0.25, 0.3) is 0 Å². The number of aliphatic imine (C=N–C) groups is 1. The number of unbranched alkanes of at least 4 members (excludes halogenated alkanes) is 1. The second-order valence-corrected chi connectivity index (χ2v) is 3.33. The topological polar surface area (TPSA) is 55.2 Å². The van der Waals surface area contributed by atoms with Crippen LogP contribution in [-0.2, 0) is 11.2 Å². The maximum absolute atomic E-state index is 9.84. The summed E-state index contributed by atoms with van der Waals surface area (Å²) < 4.78 is 0. The first-order valence-electron chi connectivity index (χ1n) is 3.77. The molecule has 0 saturated carbocycles. The van der Waals surface area contributed by atoms with Crippen LogP contribution in [0.25, 0.3) is 0 Å². The highest BCUT2D eigenvalue weighted by molar-refractivity contribution is 7.14. The molecule has 0 radical (unpaired) electrons. The van der Waals surface area contributed by atoms with Crippen molar-refractivity contribution in [2.24, 2.45) is 4.99 Å². The molecule has 0 aromatic carbocycles. The highest BCUT2D eigenvalue weighted by Crippen LogP contribution is 2.18. The van der Waals surface area contributed by atoms with Crippen molar-refractivity contribution in [1.29, 1.82) is 0 Å². The van der Waals surface area contributed by atoms with Crippen LogP contribution in [0.5, 0.6) is 0 Å². The summed E-state index contributed by atoms with van der Waals surface area (Å²) in [5.74, 6) is 0. The summed E-state index contributed by atoms with van der Waals surface area (Å²) in [6.07, 6.45) is 4.58. The molecular weight excluding hydrogens is 174 g/mol. The third kappa shape index (κ3) is 2.53. The van der Waals surface area contributed by atoms with Gasteiger partial charge in [-0.05, 0) is 6.42 Å². The Hall–Kier alpha value is -1.06. The summed E-state index contributed by atoms with van der Waals surface area (Å²) in [5, 5.41) is 8.90. The monoisotopic (exact) mass is 183 g/mol. The minimum absolute atomic E-state index is 0.399. The molecule has 0 spiro atoms. The van der Waals surface area contributed by atoms with Crippen LogP contribution >= 0.6 is 11.3 Å². The van der Waals surface area contributed by atoms with Crippen molar-refractivity contribution in [1.82, 2.24) is 10.2 Å². The molecule has 0 aliphatic carbocycles. The number of hydrogen-bond acceptors (Lipinski definition) is 5. The van der Waals surface area contributed by atoms with E-state index in [1.165, 1.54) is 17.4 Å². The molecule has 4 nitrogen and oxygen atoms in total. The number of rotatable bonds is 4. The minimum Gasteiger partial charge on any atom is -0.211 e. The van der Waals surface area contributed by atoms with Crippen molar-refractivity contribution in [3.63, 3.8) is 0 Å². The van der Waals surface area contributed by atoms with E-state index in [9.17, 15) is 4.79 Å². The molecule has 0 bridgehead atoms. The maximum Gasteiger partial charge on any atom is 0.242 e. The standard InChI is InChI=1S/C7H9N3OS/c1-2-3-4-6-9-10-7(12-6)8-5-11/h2-4H2,1H3. The Bertz CT molecular complexity index is 291. The van der Waals surface area contributed by atoms with E-state index in [2.05, 4.69) is 22.1 Å². The van der Waals surface area contributed by atoms with E-state index in [1.807, 2.05) is 0 Å². The summed E-state index contributed by atoms with van der Waals surface area (Å²) in [4.78, 5) is 13.2. The van der Waals surface area contributed by atoms with Gasteiger partial charge >= 0.3 is 0 Å². The third-order valence-corrected chi connectivity index (χ3v) is 2.22. The van der Waals surface area contributed by atoms with Crippen LogP contribution in [0.15, 0.2) is 4.99 Å². The number of aryl methyl sites for hydroxylation is 1. The Balaban J connectivity index is 2.58. The summed E-state index contributed by atoms with van der Waals surface area (Å²) >= 11 is 1.35. The predicted octanol–water partition coefficient (Wildman–Crippen LogP) is 1.85. The zero-order valence-electron chi connectivity index (χ0n) is 6.78.